The average Bonchev–Trinajstić information content (AvgIpc) is 3.49. The van der Waals surface area contributed by atoms with E-state index in [4.69, 9.17) is 4.74 Å². The molecule has 1 amide bonds. The lowest BCUT2D eigenvalue weighted by Gasteiger charge is -2.34. The van der Waals surface area contributed by atoms with Crippen molar-refractivity contribution in [2.24, 2.45) is 0 Å². The molecule has 0 bridgehead atoms. The minimum Gasteiger partial charge on any atom is -0.494 e. The number of piperazine rings is 1. The number of anilines is 4. The zero-order valence-corrected chi connectivity index (χ0v) is 23.5. The van der Waals surface area contributed by atoms with Crippen LogP contribution in [0.5, 0.6) is 5.75 Å². The van der Waals surface area contributed by atoms with Gasteiger partial charge in [-0.2, -0.15) is 5.10 Å². The molecule has 2 aromatic carbocycles. The highest BCUT2D eigenvalue weighted by Crippen LogP contribution is 2.32. The number of ether oxygens (including phenoxy) is 1. The van der Waals surface area contributed by atoms with Gasteiger partial charge in [-0.15, -0.1) is 0 Å². The molecule has 5 rings (SSSR count). The Balaban J connectivity index is 1.31. The molecule has 0 unspecified atom stereocenters. The molecule has 1 saturated heterocycles. The topological polar surface area (TPSA) is 111 Å². The second-order valence-electron chi connectivity index (χ2n) is 9.84. The predicted molar refractivity (Wildman–Crippen MR) is 159 cm³/mol. The second kappa shape index (κ2) is 12.2. The van der Waals surface area contributed by atoms with Crippen LogP contribution < -0.4 is 20.3 Å². The monoisotopic (exact) mass is 540 g/mol. The smallest absolute Gasteiger partial charge is 0.276 e. The Morgan fingerprint density at radius 2 is 1.77 bits per heavy atom. The first-order chi connectivity index (χ1) is 19.5. The zero-order chi connectivity index (χ0) is 28.1. The number of rotatable bonds is 9. The van der Waals surface area contributed by atoms with E-state index >= 15 is 0 Å². The summed E-state index contributed by atoms with van der Waals surface area (Å²) in [5, 5.41) is 13.5. The Hall–Kier alpha value is -4.44. The van der Waals surface area contributed by atoms with Crippen molar-refractivity contribution in [1.29, 1.82) is 0 Å². The third-order valence-corrected chi connectivity index (χ3v) is 7.28. The van der Waals surface area contributed by atoms with Gasteiger partial charge in [-0.05, 0) is 55.3 Å². The number of aryl methyl sites for hydroxylation is 2. The fraction of sp³-hybridized carbons (Fsp3) is 0.333. The van der Waals surface area contributed by atoms with Crippen LogP contribution >= 0.6 is 0 Å². The molecule has 0 radical (unpaired) electrons. The van der Waals surface area contributed by atoms with Gasteiger partial charge in [0.05, 0.1) is 24.2 Å². The van der Waals surface area contributed by atoms with Crippen molar-refractivity contribution in [2.45, 2.75) is 26.7 Å². The summed E-state index contributed by atoms with van der Waals surface area (Å²) >= 11 is 0. The van der Waals surface area contributed by atoms with Gasteiger partial charge in [0.2, 0.25) is 5.95 Å². The highest BCUT2D eigenvalue weighted by molar-refractivity contribution is 6.04. The number of amides is 1. The van der Waals surface area contributed by atoms with Gasteiger partial charge in [-0.25, -0.2) is 9.97 Å². The Morgan fingerprint density at radius 3 is 2.48 bits per heavy atom. The molecular formula is C30H36N8O2. The summed E-state index contributed by atoms with van der Waals surface area (Å²) in [6.45, 7) is 8.18. The number of nitrogens with zero attached hydrogens (tertiary/aromatic N) is 5. The number of para-hydroxylation sites is 1. The molecule has 0 aliphatic carbocycles. The predicted octanol–water partition coefficient (Wildman–Crippen LogP) is 4.75. The van der Waals surface area contributed by atoms with E-state index in [1.807, 2.05) is 30.3 Å². The van der Waals surface area contributed by atoms with E-state index in [0.29, 0.717) is 23.1 Å². The van der Waals surface area contributed by atoms with Crippen molar-refractivity contribution >= 4 is 28.9 Å². The number of carbonyl (C=O) groups excluding carboxylic acids is 1. The van der Waals surface area contributed by atoms with Crippen LogP contribution in [0.4, 0.5) is 23.0 Å². The summed E-state index contributed by atoms with van der Waals surface area (Å²) in [4.78, 5) is 26.8. The molecule has 1 aliphatic heterocycles. The lowest BCUT2D eigenvalue weighted by molar-refractivity contribution is 0.102. The molecule has 10 heteroatoms. The molecule has 2 aromatic heterocycles. The number of aromatic amines is 1. The van der Waals surface area contributed by atoms with Gasteiger partial charge in [0, 0.05) is 49.8 Å². The highest BCUT2D eigenvalue weighted by atomic mass is 16.5. The number of H-pyrrole nitrogens is 1. The maximum absolute atomic E-state index is 13.1. The van der Waals surface area contributed by atoms with Crippen LogP contribution in [0.2, 0.25) is 0 Å². The largest absolute Gasteiger partial charge is 0.494 e. The van der Waals surface area contributed by atoms with E-state index in [-0.39, 0.29) is 11.6 Å². The first-order valence-electron chi connectivity index (χ1n) is 13.7. The Morgan fingerprint density at radius 1 is 1.02 bits per heavy atom. The normalized spacial score (nSPS) is 13.8. The molecule has 3 heterocycles. The summed E-state index contributed by atoms with van der Waals surface area (Å²) in [5.41, 5.74) is 6.47. The van der Waals surface area contributed by atoms with Crippen LogP contribution in [-0.4, -0.2) is 71.3 Å². The van der Waals surface area contributed by atoms with Crippen LogP contribution in [0.25, 0.3) is 11.4 Å². The maximum atomic E-state index is 13.1. The number of carbonyl (C=O) groups is 1. The molecule has 0 spiro atoms. The molecular weight excluding hydrogens is 504 g/mol. The number of benzene rings is 2. The number of likely N-dealkylation sites (N-methyl/N-ethyl adjacent to an activating group) is 1. The molecule has 1 fully saturated rings. The minimum absolute atomic E-state index is 0.268. The quantitative estimate of drug-likeness (QED) is 0.279. The Labute approximate surface area is 234 Å². The summed E-state index contributed by atoms with van der Waals surface area (Å²) in [7, 11) is 3.80. The summed E-state index contributed by atoms with van der Waals surface area (Å²) in [6.07, 6.45) is 3.33. The Bertz CT molecular complexity index is 1450. The molecule has 0 saturated carbocycles. The summed E-state index contributed by atoms with van der Waals surface area (Å²) in [5.74, 6) is 0.855. The number of methoxy groups -OCH3 is 1. The van der Waals surface area contributed by atoms with Crippen LogP contribution in [0.1, 0.15) is 35.5 Å². The van der Waals surface area contributed by atoms with E-state index in [0.717, 1.165) is 67.2 Å². The van der Waals surface area contributed by atoms with E-state index < -0.39 is 0 Å². The van der Waals surface area contributed by atoms with Crippen LogP contribution in [0.15, 0.2) is 54.7 Å². The van der Waals surface area contributed by atoms with Crippen molar-refractivity contribution in [1.82, 2.24) is 25.1 Å². The van der Waals surface area contributed by atoms with Gasteiger partial charge in [-0.3, -0.25) is 9.89 Å². The lowest BCUT2D eigenvalue weighted by Crippen LogP contribution is -2.44. The van der Waals surface area contributed by atoms with Crippen molar-refractivity contribution in [3.63, 3.8) is 0 Å². The van der Waals surface area contributed by atoms with Gasteiger partial charge in [0.1, 0.15) is 5.75 Å². The van der Waals surface area contributed by atoms with E-state index in [1.54, 1.807) is 25.4 Å². The van der Waals surface area contributed by atoms with Gasteiger partial charge in [0.25, 0.3) is 5.91 Å². The van der Waals surface area contributed by atoms with Crippen LogP contribution in [-0.2, 0) is 12.8 Å². The van der Waals surface area contributed by atoms with E-state index in [9.17, 15) is 4.79 Å². The Kier molecular flexibility index (Phi) is 8.26. The number of hydrogen-bond donors (Lipinski definition) is 3. The number of nitrogens with one attached hydrogen (secondary N) is 3. The highest BCUT2D eigenvalue weighted by Gasteiger charge is 2.18. The van der Waals surface area contributed by atoms with Gasteiger partial charge < -0.3 is 25.2 Å². The third kappa shape index (κ3) is 5.91. The maximum Gasteiger partial charge on any atom is 0.276 e. The molecule has 208 valence electrons. The van der Waals surface area contributed by atoms with Gasteiger partial charge in [-0.1, -0.05) is 32.0 Å². The van der Waals surface area contributed by atoms with Crippen LogP contribution in [0, 0.1) is 0 Å². The fourth-order valence-electron chi connectivity index (χ4n) is 4.88. The molecule has 0 atom stereocenters. The SMILES string of the molecule is CCc1cccc(CC)c1NC(=O)c1cc(-c2ccnc(Nc3ccc(N4CCN(C)CC4)cc3OC)n2)[nH]n1. The van der Waals surface area contributed by atoms with E-state index in [1.165, 1.54) is 0 Å². The lowest BCUT2D eigenvalue weighted by atomic mass is 10.0. The molecule has 4 aromatic rings. The third-order valence-electron chi connectivity index (χ3n) is 7.28. The van der Waals surface area contributed by atoms with Crippen molar-refractivity contribution in [2.75, 3.05) is 55.9 Å². The second-order valence-corrected chi connectivity index (χ2v) is 9.84. The fourth-order valence-corrected chi connectivity index (χ4v) is 4.88. The standard InChI is InChI=1S/C30H36N8O2/c1-5-20-8-7-9-21(6-2)28(20)34-29(39)26-19-25(35-36-26)23-12-13-31-30(32-23)33-24-11-10-22(18-27(24)40-4)38-16-14-37(3)15-17-38/h7-13,18-19H,5-6,14-17H2,1-4H3,(H,34,39)(H,35,36)(H,31,32,33). The molecule has 3 N–H and O–H groups in total. The van der Waals surface area contributed by atoms with Crippen LogP contribution in [0.3, 0.4) is 0 Å². The minimum atomic E-state index is -0.268. The number of aromatic nitrogens is 4. The van der Waals surface area contributed by atoms with Gasteiger partial charge in [0.15, 0.2) is 5.69 Å². The molecule has 40 heavy (non-hydrogen) atoms. The van der Waals surface area contributed by atoms with Crippen molar-refractivity contribution in [3.8, 4) is 17.1 Å². The molecule has 1 aliphatic rings. The van der Waals surface area contributed by atoms with Gasteiger partial charge >= 0.3 is 0 Å². The number of hydrogen-bond acceptors (Lipinski definition) is 8. The summed E-state index contributed by atoms with van der Waals surface area (Å²) in [6, 6.07) is 15.7. The average molecular weight is 541 g/mol. The van der Waals surface area contributed by atoms with E-state index in [2.05, 4.69) is 67.6 Å². The summed E-state index contributed by atoms with van der Waals surface area (Å²) < 4.78 is 5.68. The molecule has 10 nitrogen and oxygen atoms in total. The zero-order valence-electron chi connectivity index (χ0n) is 23.5. The van der Waals surface area contributed by atoms with Crippen molar-refractivity contribution < 1.29 is 9.53 Å². The van der Waals surface area contributed by atoms with Crippen molar-refractivity contribution in [3.05, 3.63) is 71.5 Å². The first kappa shape index (κ1) is 27.1. The first-order valence-corrected chi connectivity index (χ1v) is 13.7.